The summed E-state index contributed by atoms with van der Waals surface area (Å²) in [6, 6.07) is 9.39. The molecule has 0 radical (unpaired) electrons. The number of carbonyl (C=O) groups excluding carboxylic acids is 1. The Morgan fingerprint density at radius 1 is 1.03 bits per heavy atom. The molecule has 1 fully saturated rings. The summed E-state index contributed by atoms with van der Waals surface area (Å²) < 4.78 is 56.9. The highest BCUT2D eigenvalue weighted by Gasteiger charge is 2.31. The molecule has 29 heavy (non-hydrogen) atoms. The van der Waals surface area contributed by atoms with Gasteiger partial charge in [-0.3, -0.25) is 9.69 Å². The number of nitrogens with zero attached hydrogens (tertiary/aromatic N) is 2. The van der Waals surface area contributed by atoms with Gasteiger partial charge in [-0.05, 0) is 35.9 Å². The van der Waals surface area contributed by atoms with Crippen molar-refractivity contribution in [1.29, 1.82) is 0 Å². The maximum absolute atomic E-state index is 13.7. The van der Waals surface area contributed by atoms with E-state index in [0.29, 0.717) is 49.4 Å². The third-order valence-corrected chi connectivity index (χ3v) is 4.91. The summed E-state index contributed by atoms with van der Waals surface area (Å²) in [6.07, 6.45) is -4.61. The van der Waals surface area contributed by atoms with Gasteiger partial charge in [0.05, 0.1) is 5.56 Å². The number of amides is 1. The first-order valence-corrected chi connectivity index (χ1v) is 9.34. The Kier molecular flexibility index (Phi) is 6.64. The third-order valence-electron chi connectivity index (χ3n) is 4.65. The Morgan fingerprint density at radius 2 is 1.69 bits per heavy atom. The molecule has 0 aliphatic carbocycles. The molecule has 1 aliphatic heterocycles. The molecule has 1 heterocycles. The number of halogens is 5. The van der Waals surface area contributed by atoms with E-state index >= 15 is 0 Å². The number of alkyl halides is 3. The zero-order valence-corrected chi connectivity index (χ0v) is 16.1. The highest BCUT2D eigenvalue weighted by molar-refractivity contribution is 6.30. The van der Waals surface area contributed by atoms with Crippen LogP contribution < -0.4 is 4.74 Å². The van der Waals surface area contributed by atoms with E-state index in [4.69, 9.17) is 16.3 Å². The van der Waals surface area contributed by atoms with Crippen LogP contribution in [0.25, 0.3) is 0 Å². The van der Waals surface area contributed by atoms with E-state index in [9.17, 15) is 22.4 Å². The van der Waals surface area contributed by atoms with E-state index in [1.807, 2.05) is 24.3 Å². The molecule has 9 heteroatoms. The molecule has 0 aromatic heterocycles. The monoisotopic (exact) mass is 430 g/mol. The number of piperazine rings is 1. The van der Waals surface area contributed by atoms with Gasteiger partial charge in [0.15, 0.2) is 18.2 Å². The van der Waals surface area contributed by atoms with Crippen molar-refractivity contribution in [3.63, 3.8) is 0 Å². The van der Waals surface area contributed by atoms with E-state index in [-0.39, 0.29) is 0 Å². The van der Waals surface area contributed by atoms with Crippen LogP contribution in [0.4, 0.5) is 17.6 Å². The normalized spacial score (nSPS) is 15.4. The van der Waals surface area contributed by atoms with Crippen molar-refractivity contribution in [1.82, 2.24) is 9.80 Å². The van der Waals surface area contributed by atoms with Gasteiger partial charge >= 0.3 is 6.18 Å². The second-order valence-electron chi connectivity index (χ2n) is 6.72. The van der Waals surface area contributed by atoms with Crippen molar-refractivity contribution in [3.05, 3.63) is 64.4 Å². The lowest BCUT2D eigenvalue weighted by Gasteiger charge is -2.34. The molecule has 2 aromatic rings. The summed E-state index contributed by atoms with van der Waals surface area (Å²) in [6.45, 7) is 2.42. The predicted octanol–water partition coefficient (Wildman–Crippen LogP) is 4.22. The van der Waals surface area contributed by atoms with Crippen molar-refractivity contribution in [2.45, 2.75) is 12.7 Å². The molecular weight excluding hydrogens is 412 g/mol. The van der Waals surface area contributed by atoms with Gasteiger partial charge in [-0.25, -0.2) is 4.39 Å². The van der Waals surface area contributed by atoms with Crippen LogP contribution in [-0.2, 0) is 17.5 Å². The second-order valence-corrected chi connectivity index (χ2v) is 7.15. The Balaban J connectivity index is 1.49. The molecule has 1 saturated heterocycles. The first-order valence-electron chi connectivity index (χ1n) is 8.96. The second kappa shape index (κ2) is 9.00. The van der Waals surface area contributed by atoms with Crippen LogP contribution in [0.1, 0.15) is 11.1 Å². The summed E-state index contributed by atoms with van der Waals surface area (Å²) in [5, 5.41) is 0.668. The first kappa shape index (κ1) is 21.4. The molecule has 3 rings (SSSR count). The maximum Gasteiger partial charge on any atom is 0.416 e. The fourth-order valence-electron chi connectivity index (χ4n) is 3.02. The zero-order valence-electron chi connectivity index (χ0n) is 15.4. The van der Waals surface area contributed by atoms with E-state index < -0.39 is 35.8 Å². The smallest absolute Gasteiger partial charge is 0.416 e. The number of hydrogen-bond acceptors (Lipinski definition) is 3. The largest absolute Gasteiger partial charge is 0.481 e. The van der Waals surface area contributed by atoms with Crippen molar-refractivity contribution >= 4 is 17.5 Å². The van der Waals surface area contributed by atoms with Gasteiger partial charge in [0, 0.05) is 37.7 Å². The van der Waals surface area contributed by atoms with Gasteiger partial charge in [-0.1, -0.05) is 23.7 Å². The van der Waals surface area contributed by atoms with Gasteiger partial charge in [-0.15, -0.1) is 0 Å². The molecule has 0 atom stereocenters. The van der Waals surface area contributed by atoms with Gasteiger partial charge in [0.25, 0.3) is 5.91 Å². The average Bonchev–Trinajstić information content (AvgIpc) is 2.68. The number of ether oxygens (including phenoxy) is 1. The van der Waals surface area contributed by atoms with Gasteiger partial charge in [0.2, 0.25) is 0 Å². The molecule has 4 nitrogen and oxygen atoms in total. The fourth-order valence-corrected chi connectivity index (χ4v) is 3.15. The van der Waals surface area contributed by atoms with Crippen LogP contribution in [-0.4, -0.2) is 48.5 Å². The molecule has 0 N–H and O–H groups in total. The molecule has 0 spiro atoms. The Bertz CT molecular complexity index is 851. The lowest BCUT2D eigenvalue weighted by Crippen LogP contribution is -2.49. The topological polar surface area (TPSA) is 32.8 Å². The quantitative estimate of drug-likeness (QED) is 0.666. The highest BCUT2D eigenvalue weighted by Crippen LogP contribution is 2.32. The standard InChI is InChI=1S/C20H19ClF4N2O2/c21-16-4-1-14(2-5-16)12-26-7-9-27(10-8-26)19(28)13-29-18-11-15(20(23,24)25)3-6-17(18)22/h1-6,11H,7-10,12-13H2. The number of hydrogen-bond donors (Lipinski definition) is 0. The van der Waals surface area contributed by atoms with E-state index in [0.717, 1.165) is 12.1 Å². The summed E-state index contributed by atoms with van der Waals surface area (Å²) in [7, 11) is 0. The summed E-state index contributed by atoms with van der Waals surface area (Å²) in [5.74, 6) is -1.93. The van der Waals surface area contributed by atoms with Crippen LogP contribution in [0, 0.1) is 5.82 Å². The fraction of sp³-hybridized carbons (Fsp3) is 0.350. The molecular formula is C20H19ClF4N2O2. The van der Waals surface area contributed by atoms with Crippen LogP contribution in [0.3, 0.4) is 0 Å². The molecule has 1 aliphatic rings. The van der Waals surface area contributed by atoms with Crippen molar-refractivity contribution in [2.24, 2.45) is 0 Å². The lowest BCUT2D eigenvalue weighted by molar-refractivity contribution is -0.137. The summed E-state index contributed by atoms with van der Waals surface area (Å²) in [4.78, 5) is 16.0. The minimum atomic E-state index is -4.61. The van der Waals surface area contributed by atoms with Crippen LogP contribution in [0.15, 0.2) is 42.5 Å². The Morgan fingerprint density at radius 3 is 2.31 bits per heavy atom. The SMILES string of the molecule is O=C(COc1cc(C(F)(F)F)ccc1F)N1CCN(Cc2ccc(Cl)cc2)CC1. The first-order chi connectivity index (χ1) is 13.7. The molecule has 0 saturated carbocycles. The highest BCUT2D eigenvalue weighted by atomic mass is 35.5. The van der Waals surface area contributed by atoms with Crippen molar-refractivity contribution in [3.8, 4) is 5.75 Å². The molecule has 0 unspecified atom stereocenters. The third kappa shape index (κ3) is 5.83. The number of rotatable bonds is 5. The zero-order chi connectivity index (χ0) is 21.0. The Hall–Kier alpha value is -2.32. The van der Waals surface area contributed by atoms with Crippen LogP contribution >= 0.6 is 11.6 Å². The predicted molar refractivity (Wildman–Crippen MR) is 100 cm³/mol. The van der Waals surface area contributed by atoms with Gasteiger partial charge in [0.1, 0.15) is 0 Å². The summed E-state index contributed by atoms with van der Waals surface area (Å²) >= 11 is 5.87. The molecule has 1 amide bonds. The van der Waals surface area contributed by atoms with Gasteiger partial charge in [-0.2, -0.15) is 13.2 Å². The number of carbonyl (C=O) groups is 1. The van der Waals surface area contributed by atoms with Crippen molar-refractivity contribution in [2.75, 3.05) is 32.8 Å². The van der Waals surface area contributed by atoms with E-state index in [1.54, 1.807) is 4.90 Å². The molecule has 156 valence electrons. The summed E-state index contributed by atoms with van der Waals surface area (Å²) in [5.41, 5.74) is 0.0784. The Labute approximate surface area is 170 Å². The maximum atomic E-state index is 13.7. The van der Waals surface area contributed by atoms with Gasteiger partial charge < -0.3 is 9.64 Å². The molecule has 0 bridgehead atoms. The minimum Gasteiger partial charge on any atom is -0.481 e. The minimum absolute atomic E-state index is 0.395. The molecule has 2 aromatic carbocycles. The van der Waals surface area contributed by atoms with Crippen LogP contribution in [0.2, 0.25) is 5.02 Å². The average molecular weight is 431 g/mol. The van der Waals surface area contributed by atoms with Crippen LogP contribution in [0.5, 0.6) is 5.75 Å². The van der Waals surface area contributed by atoms with E-state index in [1.165, 1.54) is 0 Å². The van der Waals surface area contributed by atoms with E-state index in [2.05, 4.69) is 4.90 Å². The van der Waals surface area contributed by atoms with Crippen molar-refractivity contribution < 1.29 is 27.1 Å². The lowest BCUT2D eigenvalue weighted by atomic mass is 10.2. The number of benzene rings is 2.